The van der Waals surface area contributed by atoms with Crippen molar-refractivity contribution in [3.63, 3.8) is 0 Å². The number of nitrogens with two attached hydrogens (primary N) is 1. The molecule has 0 aliphatic heterocycles. The summed E-state index contributed by atoms with van der Waals surface area (Å²) in [4.78, 5) is 22.4. The van der Waals surface area contributed by atoms with Gasteiger partial charge in [-0.3, -0.25) is 4.79 Å². The van der Waals surface area contributed by atoms with E-state index in [1.807, 2.05) is 13.8 Å². The second-order valence-corrected chi connectivity index (χ2v) is 4.04. The number of carboxylic acid groups (broad SMARTS) is 1. The number of benzene rings is 1. The Hall–Kier alpha value is -2.24. The number of rotatable bonds is 5. The van der Waals surface area contributed by atoms with Crippen LogP contribution in [-0.4, -0.2) is 29.6 Å². The molecule has 0 spiro atoms. The minimum absolute atomic E-state index is 0.000821. The molecule has 4 N–H and O–H groups in total. The van der Waals surface area contributed by atoms with Crippen molar-refractivity contribution in [1.29, 1.82) is 0 Å². The first-order chi connectivity index (χ1) is 8.41. The highest BCUT2D eigenvalue weighted by atomic mass is 16.5. The van der Waals surface area contributed by atoms with Crippen LogP contribution in [0.3, 0.4) is 0 Å². The number of hydrogen-bond donors (Lipinski definition) is 3. The lowest BCUT2D eigenvalue weighted by molar-refractivity contribution is -0.123. The highest BCUT2D eigenvalue weighted by Gasteiger charge is 2.15. The quantitative estimate of drug-likeness (QED) is 0.675. The monoisotopic (exact) mass is 252 g/mol. The summed E-state index contributed by atoms with van der Waals surface area (Å²) in [5.74, 6) is -1.42. The Bertz CT molecular complexity index is 457. The van der Waals surface area contributed by atoms with E-state index in [-0.39, 0.29) is 35.6 Å². The molecule has 1 amide bonds. The fraction of sp³-hybridized carbons (Fsp3) is 0.333. The average Bonchev–Trinajstić information content (AvgIpc) is 2.24. The molecule has 6 heteroatoms. The van der Waals surface area contributed by atoms with Crippen molar-refractivity contribution < 1.29 is 19.4 Å². The van der Waals surface area contributed by atoms with E-state index in [0.717, 1.165) is 0 Å². The van der Waals surface area contributed by atoms with E-state index in [2.05, 4.69) is 5.32 Å². The van der Waals surface area contributed by atoms with Gasteiger partial charge in [-0.05, 0) is 26.0 Å². The standard InChI is InChI=1S/C12H16N2O4/c1-7(2)14-10(15)6-18-9-5-3-4-8(13)11(9)12(16)17/h3-5,7H,6,13H2,1-2H3,(H,14,15)(H,16,17). The van der Waals surface area contributed by atoms with E-state index in [1.165, 1.54) is 12.1 Å². The van der Waals surface area contributed by atoms with Crippen LogP contribution in [0.2, 0.25) is 0 Å². The lowest BCUT2D eigenvalue weighted by Crippen LogP contribution is -2.34. The van der Waals surface area contributed by atoms with E-state index in [0.29, 0.717) is 0 Å². The second kappa shape index (κ2) is 5.90. The van der Waals surface area contributed by atoms with E-state index in [1.54, 1.807) is 6.07 Å². The number of carbonyl (C=O) groups is 2. The summed E-state index contributed by atoms with van der Waals surface area (Å²) in [6, 6.07) is 4.49. The lowest BCUT2D eigenvalue weighted by atomic mass is 10.1. The van der Waals surface area contributed by atoms with Crippen molar-refractivity contribution >= 4 is 17.6 Å². The van der Waals surface area contributed by atoms with Gasteiger partial charge in [-0.15, -0.1) is 0 Å². The van der Waals surface area contributed by atoms with Crippen molar-refractivity contribution in [2.75, 3.05) is 12.3 Å². The Morgan fingerprint density at radius 2 is 2.11 bits per heavy atom. The van der Waals surface area contributed by atoms with Gasteiger partial charge in [0.05, 0.1) is 0 Å². The molecule has 0 unspecified atom stereocenters. The van der Waals surface area contributed by atoms with Crippen molar-refractivity contribution in [2.24, 2.45) is 0 Å². The molecule has 0 aliphatic carbocycles. The molecule has 1 aromatic carbocycles. The number of nitrogens with one attached hydrogen (secondary N) is 1. The van der Waals surface area contributed by atoms with Gasteiger partial charge in [0.2, 0.25) is 0 Å². The molecular formula is C12H16N2O4. The fourth-order valence-corrected chi connectivity index (χ4v) is 1.40. The smallest absolute Gasteiger partial charge is 0.341 e. The van der Waals surface area contributed by atoms with E-state index >= 15 is 0 Å². The Balaban J connectivity index is 2.76. The zero-order chi connectivity index (χ0) is 13.7. The van der Waals surface area contributed by atoms with Crippen molar-refractivity contribution in [3.8, 4) is 5.75 Å². The van der Waals surface area contributed by atoms with E-state index in [9.17, 15) is 9.59 Å². The number of hydrogen-bond acceptors (Lipinski definition) is 4. The molecule has 98 valence electrons. The minimum Gasteiger partial charge on any atom is -0.483 e. The zero-order valence-corrected chi connectivity index (χ0v) is 10.3. The van der Waals surface area contributed by atoms with Gasteiger partial charge >= 0.3 is 5.97 Å². The molecule has 6 nitrogen and oxygen atoms in total. The molecule has 0 fully saturated rings. The van der Waals surface area contributed by atoms with Gasteiger partial charge in [-0.25, -0.2) is 4.79 Å². The van der Waals surface area contributed by atoms with Gasteiger partial charge in [0.25, 0.3) is 5.91 Å². The third-order valence-electron chi connectivity index (χ3n) is 2.08. The summed E-state index contributed by atoms with van der Waals surface area (Å²) in [5.41, 5.74) is 5.52. The maximum atomic E-state index is 11.4. The first kappa shape index (κ1) is 13.8. The highest BCUT2D eigenvalue weighted by Crippen LogP contribution is 2.24. The first-order valence-electron chi connectivity index (χ1n) is 5.45. The summed E-state index contributed by atoms with van der Waals surface area (Å²) in [5, 5.41) is 11.6. The van der Waals surface area contributed by atoms with Gasteiger partial charge in [-0.2, -0.15) is 0 Å². The van der Waals surface area contributed by atoms with Crippen LogP contribution in [0.1, 0.15) is 24.2 Å². The molecule has 0 bridgehead atoms. The van der Waals surface area contributed by atoms with Crippen LogP contribution in [0.4, 0.5) is 5.69 Å². The van der Waals surface area contributed by atoms with Crippen LogP contribution in [0, 0.1) is 0 Å². The average molecular weight is 252 g/mol. The number of carbonyl (C=O) groups excluding carboxylic acids is 1. The lowest BCUT2D eigenvalue weighted by Gasteiger charge is -2.12. The number of carboxylic acids is 1. The first-order valence-corrected chi connectivity index (χ1v) is 5.45. The van der Waals surface area contributed by atoms with Crippen molar-refractivity contribution in [2.45, 2.75) is 19.9 Å². The zero-order valence-electron chi connectivity index (χ0n) is 10.3. The summed E-state index contributed by atoms with van der Waals surface area (Å²) in [6.45, 7) is 3.39. The molecule has 1 aromatic rings. The third kappa shape index (κ3) is 3.65. The summed E-state index contributed by atoms with van der Waals surface area (Å²) >= 11 is 0. The molecule has 0 saturated heterocycles. The fourth-order valence-electron chi connectivity index (χ4n) is 1.40. The number of ether oxygens (including phenoxy) is 1. The summed E-state index contributed by atoms with van der Waals surface area (Å²) < 4.78 is 5.17. The van der Waals surface area contributed by atoms with Gasteiger partial charge in [0, 0.05) is 11.7 Å². The maximum Gasteiger partial charge on any atom is 0.341 e. The Morgan fingerprint density at radius 1 is 1.44 bits per heavy atom. The largest absolute Gasteiger partial charge is 0.483 e. The van der Waals surface area contributed by atoms with Gasteiger partial charge < -0.3 is 20.9 Å². The maximum absolute atomic E-state index is 11.4. The van der Waals surface area contributed by atoms with Crippen LogP contribution in [0.5, 0.6) is 5.75 Å². The van der Waals surface area contributed by atoms with Gasteiger partial charge in [0.1, 0.15) is 11.3 Å². The van der Waals surface area contributed by atoms with Gasteiger partial charge in [0.15, 0.2) is 6.61 Å². The predicted octanol–water partition coefficient (Wildman–Crippen LogP) is 0.870. The van der Waals surface area contributed by atoms with Gasteiger partial charge in [-0.1, -0.05) is 6.07 Å². The molecule has 0 aromatic heterocycles. The topological polar surface area (TPSA) is 102 Å². The van der Waals surface area contributed by atoms with Crippen molar-refractivity contribution in [1.82, 2.24) is 5.32 Å². The van der Waals surface area contributed by atoms with Crippen LogP contribution >= 0.6 is 0 Å². The third-order valence-corrected chi connectivity index (χ3v) is 2.08. The molecular weight excluding hydrogens is 236 g/mol. The Labute approximate surface area is 105 Å². The molecule has 0 heterocycles. The van der Waals surface area contributed by atoms with Crippen LogP contribution in [-0.2, 0) is 4.79 Å². The van der Waals surface area contributed by atoms with Crippen LogP contribution in [0.15, 0.2) is 18.2 Å². The predicted molar refractivity (Wildman–Crippen MR) is 66.6 cm³/mol. The van der Waals surface area contributed by atoms with E-state index < -0.39 is 5.97 Å². The Morgan fingerprint density at radius 3 is 2.67 bits per heavy atom. The van der Waals surface area contributed by atoms with Crippen molar-refractivity contribution in [3.05, 3.63) is 23.8 Å². The number of anilines is 1. The molecule has 0 radical (unpaired) electrons. The minimum atomic E-state index is -1.19. The number of nitrogen functional groups attached to an aromatic ring is 1. The normalized spacial score (nSPS) is 10.2. The Kier molecular flexibility index (Phi) is 4.53. The second-order valence-electron chi connectivity index (χ2n) is 4.04. The SMILES string of the molecule is CC(C)NC(=O)COc1cccc(N)c1C(=O)O. The number of aromatic carboxylic acids is 1. The molecule has 0 saturated carbocycles. The molecule has 1 rings (SSSR count). The summed E-state index contributed by atoms with van der Waals surface area (Å²) in [7, 11) is 0. The number of amides is 1. The van der Waals surface area contributed by atoms with Crippen LogP contribution < -0.4 is 15.8 Å². The summed E-state index contributed by atoms with van der Waals surface area (Å²) in [6.07, 6.45) is 0. The van der Waals surface area contributed by atoms with E-state index in [4.69, 9.17) is 15.6 Å². The van der Waals surface area contributed by atoms with Crippen LogP contribution in [0.25, 0.3) is 0 Å². The molecule has 0 aliphatic rings. The molecule has 18 heavy (non-hydrogen) atoms. The highest BCUT2D eigenvalue weighted by molar-refractivity contribution is 5.96. The molecule has 0 atom stereocenters.